The molecule has 0 bridgehead atoms. The fourth-order valence-corrected chi connectivity index (χ4v) is 3.35. The van der Waals surface area contributed by atoms with Crippen LogP contribution in [-0.4, -0.2) is 0 Å². The molecular formula is C16H17I. The Bertz CT molecular complexity index is 527. The zero-order chi connectivity index (χ0) is 12.4. The van der Waals surface area contributed by atoms with Gasteiger partial charge in [-0.1, -0.05) is 50.2 Å². The first-order chi connectivity index (χ1) is 8.11. The molecule has 0 aliphatic carbocycles. The van der Waals surface area contributed by atoms with Crippen LogP contribution in [0, 0.1) is 10.5 Å². The molecule has 0 aliphatic heterocycles. The Morgan fingerprint density at radius 2 is 1.53 bits per heavy atom. The second-order valence-corrected chi connectivity index (χ2v) is 5.83. The van der Waals surface area contributed by atoms with Crippen molar-refractivity contribution in [2.75, 3.05) is 0 Å². The summed E-state index contributed by atoms with van der Waals surface area (Å²) >= 11 is 2.44. The fourth-order valence-electron chi connectivity index (χ4n) is 2.23. The van der Waals surface area contributed by atoms with E-state index in [1.54, 1.807) is 0 Å². The number of hydrogen-bond acceptors (Lipinski definition) is 0. The Morgan fingerprint density at radius 3 is 2.18 bits per heavy atom. The van der Waals surface area contributed by atoms with Crippen molar-refractivity contribution < 1.29 is 0 Å². The molecule has 2 aromatic carbocycles. The smallest absolute Gasteiger partial charge is 0.0171 e. The number of rotatable bonds is 2. The maximum atomic E-state index is 2.44. The van der Waals surface area contributed by atoms with Crippen LogP contribution in [0.25, 0.3) is 11.1 Å². The Labute approximate surface area is 117 Å². The van der Waals surface area contributed by atoms with Crippen LogP contribution in [0.5, 0.6) is 0 Å². The standard InChI is InChI=1S/C16H17I/c1-11(2)16-14(9-6-10-15(16)17)13-8-5-4-7-12(13)3/h4-11H,1-3H3. The van der Waals surface area contributed by atoms with Crippen LogP contribution in [0.15, 0.2) is 42.5 Å². The minimum absolute atomic E-state index is 0.553. The lowest BCUT2D eigenvalue weighted by Gasteiger charge is -2.16. The third kappa shape index (κ3) is 2.54. The number of halogens is 1. The predicted octanol–water partition coefficient (Wildman–Crippen LogP) is 5.39. The highest BCUT2D eigenvalue weighted by molar-refractivity contribution is 14.1. The normalized spacial score (nSPS) is 10.9. The van der Waals surface area contributed by atoms with Crippen molar-refractivity contribution in [3.8, 4) is 11.1 Å². The molecule has 1 heteroatoms. The monoisotopic (exact) mass is 336 g/mol. The van der Waals surface area contributed by atoms with Gasteiger partial charge in [0.1, 0.15) is 0 Å². The van der Waals surface area contributed by atoms with E-state index < -0.39 is 0 Å². The highest BCUT2D eigenvalue weighted by Gasteiger charge is 2.12. The highest BCUT2D eigenvalue weighted by atomic mass is 127. The minimum Gasteiger partial charge on any atom is -0.0620 e. The number of benzene rings is 2. The summed E-state index contributed by atoms with van der Waals surface area (Å²) in [6.07, 6.45) is 0. The van der Waals surface area contributed by atoms with E-state index in [1.165, 1.54) is 25.8 Å². The van der Waals surface area contributed by atoms with Gasteiger partial charge in [0.05, 0.1) is 0 Å². The topological polar surface area (TPSA) is 0 Å². The summed E-state index contributed by atoms with van der Waals surface area (Å²) in [7, 11) is 0. The largest absolute Gasteiger partial charge is 0.0620 e. The molecular weight excluding hydrogens is 319 g/mol. The minimum atomic E-state index is 0.553. The fraction of sp³-hybridized carbons (Fsp3) is 0.250. The van der Waals surface area contributed by atoms with E-state index in [9.17, 15) is 0 Å². The SMILES string of the molecule is Cc1ccccc1-c1cccc(I)c1C(C)C. The quantitative estimate of drug-likeness (QED) is 0.645. The molecule has 2 aromatic rings. The summed E-state index contributed by atoms with van der Waals surface area (Å²) in [5, 5.41) is 0. The highest BCUT2D eigenvalue weighted by Crippen LogP contribution is 2.34. The molecule has 0 N–H and O–H groups in total. The molecule has 0 fully saturated rings. The lowest BCUT2D eigenvalue weighted by molar-refractivity contribution is 0.862. The van der Waals surface area contributed by atoms with Gasteiger partial charge in [0.15, 0.2) is 0 Å². The third-order valence-corrected chi connectivity index (χ3v) is 4.01. The first-order valence-electron chi connectivity index (χ1n) is 5.95. The summed E-state index contributed by atoms with van der Waals surface area (Å²) < 4.78 is 1.36. The third-order valence-electron chi connectivity index (χ3n) is 3.07. The number of aryl methyl sites for hydroxylation is 1. The van der Waals surface area contributed by atoms with E-state index in [1.807, 2.05) is 0 Å². The average Bonchev–Trinajstić information content (AvgIpc) is 2.28. The molecule has 0 saturated carbocycles. The molecule has 0 nitrogen and oxygen atoms in total. The van der Waals surface area contributed by atoms with Crippen LogP contribution in [0.1, 0.15) is 30.9 Å². The van der Waals surface area contributed by atoms with Gasteiger partial charge < -0.3 is 0 Å². The molecule has 0 heterocycles. The summed E-state index contributed by atoms with van der Waals surface area (Å²) in [6.45, 7) is 6.71. The van der Waals surface area contributed by atoms with E-state index >= 15 is 0 Å². The first kappa shape index (κ1) is 12.6. The Kier molecular flexibility index (Phi) is 3.87. The van der Waals surface area contributed by atoms with Crippen molar-refractivity contribution in [2.45, 2.75) is 26.7 Å². The molecule has 0 spiro atoms. The van der Waals surface area contributed by atoms with Crippen molar-refractivity contribution in [1.82, 2.24) is 0 Å². The van der Waals surface area contributed by atoms with Gasteiger partial charge in [-0.2, -0.15) is 0 Å². The molecule has 0 atom stereocenters. The van der Waals surface area contributed by atoms with Gasteiger partial charge in [-0.3, -0.25) is 0 Å². The zero-order valence-electron chi connectivity index (χ0n) is 10.5. The molecule has 0 amide bonds. The van der Waals surface area contributed by atoms with Crippen molar-refractivity contribution in [1.29, 1.82) is 0 Å². The Morgan fingerprint density at radius 1 is 0.882 bits per heavy atom. The van der Waals surface area contributed by atoms with E-state index in [-0.39, 0.29) is 0 Å². The summed E-state index contributed by atoms with van der Waals surface area (Å²) in [6, 6.07) is 15.2. The van der Waals surface area contributed by atoms with Crippen molar-refractivity contribution in [2.24, 2.45) is 0 Å². The molecule has 0 unspecified atom stereocenters. The van der Waals surface area contributed by atoms with Gasteiger partial charge in [-0.25, -0.2) is 0 Å². The molecule has 0 aromatic heterocycles. The van der Waals surface area contributed by atoms with Crippen LogP contribution in [0.4, 0.5) is 0 Å². The molecule has 0 radical (unpaired) electrons. The van der Waals surface area contributed by atoms with E-state index in [4.69, 9.17) is 0 Å². The summed E-state index contributed by atoms with van der Waals surface area (Å²) in [5.41, 5.74) is 5.54. The van der Waals surface area contributed by atoms with Crippen molar-refractivity contribution in [3.63, 3.8) is 0 Å². The lowest BCUT2D eigenvalue weighted by atomic mass is 9.91. The first-order valence-corrected chi connectivity index (χ1v) is 7.03. The maximum absolute atomic E-state index is 2.44. The zero-order valence-corrected chi connectivity index (χ0v) is 12.7. The second-order valence-electron chi connectivity index (χ2n) is 4.67. The van der Waals surface area contributed by atoms with E-state index in [0.717, 1.165) is 0 Å². The van der Waals surface area contributed by atoms with Gasteiger partial charge in [0.2, 0.25) is 0 Å². The van der Waals surface area contributed by atoms with Crippen LogP contribution in [0.2, 0.25) is 0 Å². The van der Waals surface area contributed by atoms with Gasteiger partial charge in [-0.05, 0) is 63.8 Å². The van der Waals surface area contributed by atoms with Crippen LogP contribution in [-0.2, 0) is 0 Å². The predicted molar refractivity (Wildman–Crippen MR) is 83.4 cm³/mol. The molecule has 0 saturated heterocycles. The van der Waals surface area contributed by atoms with Crippen molar-refractivity contribution >= 4 is 22.6 Å². The van der Waals surface area contributed by atoms with Crippen molar-refractivity contribution in [3.05, 3.63) is 57.2 Å². The Balaban J connectivity index is 2.68. The molecule has 88 valence electrons. The maximum Gasteiger partial charge on any atom is 0.0171 e. The average molecular weight is 336 g/mol. The van der Waals surface area contributed by atoms with Crippen LogP contribution in [0.3, 0.4) is 0 Å². The number of hydrogen-bond donors (Lipinski definition) is 0. The molecule has 17 heavy (non-hydrogen) atoms. The van der Waals surface area contributed by atoms with Gasteiger partial charge in [0, 0.05) is 3.57 Å². The van der Waals surface area contributed by atoms with Crippen LogP contribution >= 0.6 is 22.6 Å². The van der Waals surface area contributed by atoms with E-state index in [2.05, 4.69) is 85.8 Å². The van der Waals surface area contributed by atoms with Gasteiger partial charge in [0.25, 0.3) is 0 Å². The van der Waals surface area contributed by atoms with Gasteiger partial charge >= 0.3 is 0 Å². The molecule has 2 rings (SSSR count). The summed E-state index contributed by atoms with van der Waals surface area (Å²) in [4.78, 5) is 0. The molecule has 0 aliphatic rings. The van der Waals surface area contributed by atoms with Crippen LogP contribution < -0.4 is 0 Å². The Hall–Kier alpha value is -0.830. The van der Waals surface area contributed by atoms with Gasteiger partial charge in [-0.15, -0.1) is 0 Å². The van der Waals surface area contributed by atoms with E-state index in [0.29, 0.717) is 5.92 Å². The second kappa shape index (κ2) is 5.21. The lowest BCUT2D eigenvalue weighted by Crippen LogP contribution is -1.97. The summed E-state index contributed by atoms with van der Waals surface area (Å²) in [5.74, 6) is 0.553.